The zero-order valence-corrected chi connectivity index (χ0v) is 34.4. The SMILES string of the molecule is CCCCCCCCCCN(O)CCCCCCCCCC(=O)OCCOCCN(CCCCCCCCCC)CCCCCCCCCC. The average Bonchev–Trinajstić information content (AvgIpc) is 3.11. The van der Waals surface area contributed by atoms with Crippen LogP contribution in [0.2, 0.25) is 0 Å². The molecule has 0 aromatic rings. The summed E-state index contributed by atoms with van der Waals surface area (Å²) in [7, 11) is 0. The van der Waals surface area contributed by atoms with Gasteiger partial charge in [-0.3, -0.25) is 4.79 Å². The van der Waals surface area contributed by atoms with E-state index in [1.807, 2.05) is 0 Å². The molecule has 0 aromatic heterocycles. The Labute approximate surface area is 313 Å². The molecule has 0 aliphatic heterocycles. The van der Waals surface area contributed by atoms with Crippen LogP contribution in [-0.2, 0) is 14.3 Å². The lowest BCUT2D eigenvalue weighted by atomic mass is 10.1. The third-order valence-corrected chi connectivity index (χ3v) is 10.3. The molecule has 50 heavy (non-hydrogen) atoms. The van der Waals surface area contributed by atoms with E-state index in [0.717, 1.165) is 51.9 Å². The minimum Gasteiger partial charge on any atom is -0.463 e. The Bertz CT molecular complexity index is 630. The third-order valence-electron chi connectivity index (χ3n) is 10.3. The fraction of sp³-hybridized carbons (Fsp3) is 0.977. The van der Waals surface area contributed by atoms with Crippen molar-refractivity contribution in [1.82, 2.24) is 9.96 Å². The standard InChI is InChI=1S/C44H90N2O4/c1-4-7-10-13-16-21-26-31-36-45(37-32-27-22-17-14-11-8-5-2)40-41-49-42-43-50-44(47)35-30-25-20-19-24-29-34-39-46(48)38-33-28-23-18-15-12-9-6-3/h48H,4-43H2,1-3H3. The van der Waals surface area contributed by atoms with Crippen LogP contribution in [0.1, 0.15) is 226 Å². The maximum Gasteiger partial charge on any atom is 0.305 e. The van der Waals surface area contributed by atoms with Crippen molar-refractivity contribution in [2.75, 3.05) is 52.5 Å². The highest BCUT2D eigenvalue weighted by Gasteiger charge is 2.07. The molecular weight excluding hydrogens is 620 g/mol. The molecule has 0 aliphatic rings. The predicted octanol–water partition coefficient (Wildman–Crippen LogP) is 13.1. The molecule has 0 heterocycles. The lowest BCUT2D eigenvalue weighted by molar-refractivity contribution is -0.145. The Morgan fingerprint density at radius 1 is 0.400 bits per heavy atom. The molecule has 1 N–H and O–H groups in total. The van der Waals surface area contributed by atoms with Crippen LogP contribution in [0.25, 0.3) is 0 Å². The number of hydrogen-bond donors (Lipinski definition) is 1. The molecule has 0 fully saturated rings. The second kappa shape index (κ2) is 42.7. The summed E-state index contributed by atoms with van der Waals surface area (Å²) in [5.74, 6) is -0.0841. The molecule has 0 rings (SSSR count). The van der Waals surface area contributed by atoms with Crippen LogP contribution in [0.15, 0.2) is 0 Å². The molecule has 0 saturated carbocycles. The smallest absolute Gasteiger partial charge is 0.305 e. The minimum atomic E-state index is -0.0841. The Kier molecular flexibility index (Phi) is 42.1. The molecule has 0 bridgehead atoms. The van der Waals surface area contributed by atoms with Gasteiger partial charge < -0.3 is 19.6 Å². The summed E-state index contributed by atoms with van der Waals surface area (Å²) in [6.07, 6.45) is 40.6. The van der Waals surface area contributed by atoms with Crippen LogP contribution >= 0.6 is 0 Å². The van der Waals surface area contributed by atoms with Gasteiger partial charge in [-0.15, -0.1) is 0 Å². The van der Waals surface area contributed by atoms with Gasteiger partial charge in [-0.25, -0.2) is 0 Å². The minimum absolute atomic E-state index is 0.0841. The number of hydrogen-bond acceptors (Lipinski definition) is 6. The topological polar surface area (TPSA) is 62.2 Å². The zero-order chi connectivity index (χ0) is 36.4. The number of unbranched alkanes of at least 4 members (excludes halogenated alkanes) is 27. The van der Waals surface area contributed by atoms with E-state index < -0.39 is 0 Å². The molecular formula is C44H90N2O4. The first-order valence-corrected chi connectivity index (χ1v) is 22.5. The van der Waals surface area contributed by atoms with E-state index in [1.165, 1.54) is 192 Å². The second-order valence-corrected chi connectivity index (χ2v) is 15.3. The van der Waals surface area contributed by atoms with Gasteiger partial charge >= 0.3 is 5.97 Å². The van der Waals surface area contributed by atoms with Crippen LogP contribution in [0.3, 0.4) is 0 Å². The summed E-state index contributed by atoms with van der Waals surface area (Å²) < 4.78 is 11.3. The van der Waals surface area contributed by atoms with E-state index in [0.29, 0.717) is 19.6 Å². The lowest BCUT2D eigenvalue weighted by Gasteiger charge is -2.22. The van der Waals surface area contributed by atoms with Crippen molar-refractivity contribution in [2.24, 2.45) is 0 Å². The predicted molar refractivity (Wildman–Crippen MR) is 216 cm³/mol. The Morgan fingerprint density at radius 3 is 1.14 bits per heavy atom. The van der Waals surface area contributed by atoms with Crippen molar-refractivity contribution in [3.05, 3.63) is 0 Å². The van der Waals surface area contributed by atoms with Gasteiger partial charge in [-0.2, -0.15) is 5.06 Å². The van der Waals surface area contributed by atoms with Gasteiger partial charge in [0, 0.05) is 26.1 Å². The molecule has 0 saturated heterocycles. The van der Waals surface area contributed by atoms with E-state index in [1.54, 1.807) is 0 Å². The molecule has 0 atom stereocenters. The van der Waals surface area contributed by atoms with E-state index in [2.05, 4.69) is 25.7 Å². The first-order chi connectivity index (χ1) is 24.6. The van der Waals surface area contributed by atoms with Gasteiger partial charge in [0.25, 0.3) is 0 Å². The Balaban J connectivity index is 3.77. The van der Waals surface area contributed by atoms with Gasteiger partial charge in [-0.05, 0) is 45.2 Å². The van der Waals surface area contributed by atoms with Crippen LogP contribution < -0.4 is 0 Å². The first-order valence-electron chi connectivity index (χ1n) is 22.5. The normalized spacial score (nSPS) is 11.7. The summed E-state index contributed by atoms with van der Waals surface area (Å²) in [5.41, 5.74) is 0. The van der Waals surface area contributed by atoms with Crippen molar-refractivity contribution in [1.29, 1.82) is 0 Å². The van der Waals surface area contributed by atoms with Crippen molar-refractivity contribution in [2.45, 2.75) is 226 Å². The lowest BCUT2D eigenvalue weighted by Crippen LogP contribution is -2.30. The fourth-order valence-corrected chi connectivity index (χ4v) is 6.84. The fourth-order valence-electron chi connectivity index (χ4n) is 6.84. The largest absolute Gasteiger partial charge is 0.463 e. The summed E-state index contributed by atoms with van der Waals surface area (Å²) in [6.45, 7) is 13.4. The maximum atomic E-state index is 12.2. The molecule has 0 aliphatic carbocycles. The maximum absolute atomic E-state index is 12.2. The van der Waals surface area contributed by atoms with E-state index in [-0.39, 0.29) is 5.97 Å². The molecule has 0 amide bonds. The number of carbonyl (C=O) groups excluding carboxylic acids is 1. The van der Waals surface area contributed by atoms with Gasteiger partial charge in [0.05, 0.1) is 13.2 Å². The molecule has 0 unspecified atom stereocenters. The van der Waals surface area contributed by atoms with Crippen molar-refractivity contribution < 1.29 is 19.5 Å². The molecule has 6 heteroatoms. The molecule has 0 aromatic carbocycles. The van der Waals surface area contributed by atoms with Crippen molar-refractivity contribution in [3.63, 3.8) is 0 Å². The quantitative estimate of drug-likeness (QED) is 0.0386. The number of nitrogens with zero attached hydrogens (tertiary/aromatic N) is 2. The summed E-state index contributed by atoms with van der Waals surface area (Å²) in [5, 5.41) is 11.6. The number of esters is 1. The summed E-state index contributed by atoms with van der Waals surface area (Å²) in [4.78, 5) is 14.8. The molecule has 0 spiro atoms. The zero-order valence-electron chi connectivity index (χ0n) is 34.4. The van der Waals surface area contributed by atoms with Crippen molar-refractivity contribution >= 4 is 5.97 Å². The summed E-state index contributed by atoms with van der Waals surface area (Å²) in [6, 6.07) is 0. The van der Waals surface area contributed by atoms with Crippen LogP contribution in [0, 0.1) is 0 Å². The van der Waals surface area contributed by atoms with Crippen LogP contribution in [0.5, 0.6) is 0 Å². The van der Waals surface area contributed by atoms with E-state index in [4.69, 9.17) is 9.47 Å². The number of hydroxylamine groups is 2. The van der Waals surface area contributed by atoms with Gasteiger partial charge in [0.1, 0.15) is 6.61 Å². The van der Waals surface area contributed by atoms with Gasteiger partial charge in [0.2, 0.25) is 0 Å². The number of rotatable bonds is 43. The molecule has 6 nitrogen and oxygen atoms in total. The van der Waals surface area contributed by atoms with Crippen LogP contribution in [0.4, 0.5) is 0 Å². The highest BCUT2D eigenvalue weighted by atomic mass is 16.6. The van der Waals surface area contributed by atoms with E-state index in [9.17, 15) is 10.0 Å². The Morgan fingerprint density at radius 2 is 0.740 bits per heavy atom. The average molecular weight is 711 g/mol. The number of ether oxygens (including phenoxy) is 2. The molecule has 300 valence electrons. The first kappa shape index (κ1) is 49.3. The summed E-state index contributed by atoms with van der Waals surface area (Å²) >= 11 is 0. The monoisotopic (exact) mass is 711 g/mol. The van der Waals surface area contributed by atoms with Gasteiger partial charge in [0.15, 0.2) is 0 Å². The molecule has 0 radical (unpaired) electrons. The number of carbonyl (C=O) groups is 1. The Hall–Kier alpha value is -0.690. The highest BCUT2D eigenvalue weighted by Crippen LogP contribution is 2.13. The van der Waals surface area contributed by atoms with Gasteiger partial charge in [-0.1, -0.05) is 188 Å². The van der Waals surface area contributed by atoms with E-state index >= 15 is 0 Å². The highest BCUT2D eigenvalue weighted by molar-refractivity contribution is 5.69. The second-order valence-electron chi connectivity index (χ2n) is 15.3. The van der Waals surface area contributed by atoms with Crippen LogP contribution in [-0.4, -0.2) is 73.7 Å². The van der Waals surface area contributed by atoms with Crippen molar-refractivity contribution in [3.8, 4) is 0 Å². The third kappa shape index (κ3) is 40.1.